The van der Waals surface area contributed by atoms with E-state index >= 15 is 0 Å². The van der Waals surface area contributed by atoms with Crippen molar-refractivity contribution in [1.29, 1.82) is 0 Å². The van der Waals surface area contributed by atoms with E-state index in [1.54, 1.807) is 0 Å². The Morgan fingerprint density at radius 2 is 1.24 bits per heavy atom. The Morgan fingerprint density at radius 3 is 1.76 bits per heavy atom. The van der Waals surface area contributed by atoms with E-state index in [1.165, 1.54) is 21.9 Å². The van der Waals surface area contributed by atoms with Crippen LogP contribution in [0, 0.1) is 17.5 Å². The van der Waals surface area contributed by atoms with Crippen molar-refractivity contribution in [1.82, 2.24) is 9.97 Å². The standard InChI is InChI=1S/C20H28NSi.C17H12N.Ir/c1-15(20(2,3)4)17-13-18(16-11-9-8-10-12-16)21-14-19(17)22(5,6)7;1-3-7-14(8-4-1)16-11-12-18-17(13-16)15-9-5-2-6-10-15;/h8-11,13-15H,1-7H3;1-9,11-13H;/q2*-1;. The van der Waals surface area contributed by atoms with Crippen LogP contribution in [0.15, 0.2) is 109 Å². The summed E-state index contributed by atoms with van der Waals surface area (Å²) in [4.78, 5) is 9.15. The van der Waals surface area contributed by atoms with Crippen molar-refractivity contribution >= 4 is 13.3 Å². The molecule has 2 heterocycles. The molecule has 0 spiro atoms. The van der Waals surface area contributed by atoms with Gasteiger partial charge in [-0.15, -0.1) is 71.8 Å². The van der Waals surface area contributed by atoms with Gasteiger partial charge >= 0.3 is 0 Å². The predicted molar refractivity (Wildman–Crippen MR) is 173 cm³/mol. The molecule has 0 amide bonds. The van der Waals surface area contributed by atoms with E-state index in [-0.39, 0.29) is 25.5 Å². The maximum absolute atomic E-state index is 4.74. The van der Waals surface area contributed by atoms with E-state index < -0.39 is 8.07 Å². The molecule has 1 atom stereocenters. The minimum absolute atomic E-state index is 0. The molecule has 0 aliphatic carbocycles. The van der Waals surface area contributed by atoms with Crippen LogP contribution >= 0.6 is 0 Å². The van der Waals surface area contributed by atoms with Crippen LogP contribution in [0.2, 0.25) is 19.6 Å². The smallest absolute Gasteiger partial charge is 0.0799 e. The zero-order valence-corrected chi connectivity index (χ0v) is 28.6. The van der Waals surface area contributed by atoms with Crippen molar-refractivity contribution in [2.45, 2.75) is 53.3 Å². The van der Waals surface area contributed by atoms with Gasteiger partial charge in [0.25, 0.3) is 0 Å². The molecular weight excluding hydrogens is 693 g/mol. The molecule has 1 unspecified atom stereocenters. The maximum Gasteiger partial charge on any atom is 0.0799 e. The second-order valence-electron chi connectivity index (χ2n) is 12.3. The average molecular weight is 733 g/mol. The summed E-state index contributed by atoms with van der Waals surface area (Å²) in [5, 5.41) is 1.48. The molecule has 2 nitrogen and oxygen atoms in total. The Balaban J connectivity index is 0.000000224. The van der Waals surface area contributed by atoms with Crippen molar-refractivity contribution in [2.24, 2.45) is 5.41 Å². The van der Waals surface area contributed by atoms with Gasteiger partial charge in [-0.1, -0.05) is 95.4 Å². The largest absolute Gasteiger partial charge is 0.305 e. The summed E-state index contributed by atoms with van der Waals surface area (Å²) in [7, 11) is -1.42. The van der Waals surface area contributed by atoms with Crippen LogP contribution in [0.5, 0.6) is 0 Å². The van der Waals surface area contributed by atoms with Crippen LogP contribution < -0.4 is 5.19 Å². The van der Waals surface area contributed by atoms with Crippen LogP contribution in [0.1, 0.15) is 39.2 Å². The molecule has 41 heavy (non-hydrogen) atoms. The monoisotopic (exact) mass is 733 g/mol. The van der Waals surface area contributed by atoms with E-state index in [1.807, 2.05) is 72.9 Å². The van der Waals surface area contributed by atoms with Crippen molar-refractivity contribution in [2.75, 3.05) is 0 Å². The number of pyridine rings is 2. The molecule has 0 bridgehead atoms. The summed E-state index contributed by atoms with van der Waals surface area (Å²) in [6.45, 7) is 16.5. The number of hydrogen-bond acceptors (Lipinski definition) is 2. The van der Waals surface area contributed by atoms with Crippen molar-refractivity contribution < 1.29 is 20.1 Å². The Kier molecular flexibility index (Phi) is 11.2. The third-order valence-electron chi connectivity index (χ3n) is 7.35. The average Bonchev–Trinajstić information content (AvgIpc) is 2.97. The molecule has 2 aromatic heterocycles. The molecule has 1 radical (unpaired) electrons. The van der Waals surface area contributed by atoms with Crippen LogP contribution in [0.25, 0.3) is 33.6 Å². The first-order chi connectivity index (χ1) is 19.0. The fraction of sp³-hybridized carbons (Fsp3) is 0.243. The first kappa shape index (κ1) is 32.3. The van der Waals surface area contributed by atoms with E-state index in [9.17, 15) is 0 Å². The van der Waals surface area contributed by atoms with Crippen molar-refractivity contribution in [3.05, 3.63) is 127 Å². The molecule has 3 aromatic carbocycles. The molecule has 0 aliphatic heterocycles. The summed E-state index contributed by atoms with van der Waals surface area (Å²) in [6, 6.07) is 39.2. The molecular formula is C37H40IrN2Si-2. The molecule has 213 valence electrons. The fourth-order valence-electron chi connectivity index (χ4n) is 4.56. The first-order valence-electron chi connectivity index (χ1n) is 14.0. The fourth-order valence-corrected chi connectivity index (χ4v) is 6.17. The van der Waals surface area contributed by atoms with E-state index in [0.717, 1.165) is 22.5 Å². The minimum Gasteiger partial charge on any atom is -0.305 e. The molecule has 0 N–H and O–H groups in total. The normalized spacial score (nSPS) is 12.0. The summed E-state index contributed by atoms with van der Waals surface area (Å²) >= 11 is 0. The van der Waals surface area contributed by atoms with Gasteiger partial charge in [0.05, 0.1) is 8.07 Å². The summed E-state index contributed by atoms with van der Waals surface area (Å²) in [5.74, 6) is 0.500. The summed E-state index contributed by atoms with van der Waals surface area (Å²) in [6.07, 6.45) is 3.97. The van der Waals surface area contributed by atoms with Crippen LogP contribution in [-0.2, 0) is 20.1 Å². The van der Waals surface area contributed by atoms with Gasteiger partial charge < -0.3 is 9.97 Å². The van der Waals surface area contributed by atoms with E-state index in [0.29, 0.717) is 5.92 Å². The molecule has 0 saturated carbocycles. The van der Waals surface area contributed by atoms with Crippen LogP contribution in [-0.4, -0.2) is 18.0 Å². The van der Waals surface area contributed by atoms with Gasteiger partial charge in [0.15, 0.2) is 0 Å². The van der Waals surface area contributed by atoms with Crippen molar-refractivity contribution in [3.63, 3.8) is 0 Å². The summed E-state index contributed by atoms with van der Waals surface area (Å²) < 4.78 is 0. The van der Waals surface area contributed by atoms with Gasteiger partial charge in [0, 0.05) is 32.5 Å². The SMILES string of the molecule is CC(c1cc(-c2[c-]cccc2)ncc1[Si](C)(C)C)C(C)(C)C.[Ir].[c-]1ccccc1-c1cc(-c2ccccc2)ccn1. The number of nitrogens with zero attached hydrogens (tertiary/aromatic N) is 2. The zero-order valence-electron chi connectivity index (χ0n) is 25.2. The second-order valence-corrected chi connectivity index (χ2v) is 17.4. The summed E-state index contributed by atoms with van der Waals surface area (Å²) in [5.41, 5.74) is 8.18. The van der Waals surface area contributed by atoms with Gasteiger partial charge in [-0.05, 0) is 45.1 Å². The van der Waals surface area contributed by atoms with E-state index in [2.05, 4.69) is 101 Å². The van der Waals surface area contributed by atoms with Gasteiger partial charge in [0.1, 0.15) is 0 Å². The Labute approximate surface area is 261 Å². The van der Waals surface area contributed by atoms with Crippen molar-refractivity contribution in [3.8, 4) is 33.6 Å². The zero-order chi connectivity index (χ0) is 28.8. The van der Waals surface area contributed by atoms with Crippen LogP contribution in [0.4, 0.5) is 0 Å². The molecule has 5 rings (SSSR count). The number of rotatable bonds is 5. The third-order valence-corrected chi connectivity index (χ3v) is 9.38. The molecule has 0 fully saturated rings. The van der Waals surface area contributed by atoms with Gasteiger partial charge in [-0.25, -0.2) is 0 Å². The Morgan fingerprint density at radius 1 is 0.683 bits per heavy atom. The second kappa shape index (κ2) is 14.1. The molecule has 5 aromatic rings. The number of hydrogen-bond donors (Lipinski definition) is 0. The van der Waals surface area contributed by atoms with Gasteiger partial charge in [-0.3, -0.25) is 0 Å². The minimum atomic E-state index is -1.42. The molecule has 0 aliphatic rings. The molecule has 4 heteroatoms. The Bertz CT molecular complexity index is 1450. The predicted octanol–water partition coefficient (Wildman–Crippen LogP) is 9.46. The van der Waals surface area contributed by atoms with Gasteiger partial charge in [0.2, 0.25) is 0 Å². The quantitative estimate of drug-likeness (QED) is 0.133. The Hall–Kier alpha value is -3.17. The number of aromatic nitrogens is 2. The van der Waals surface area contributed by atoms with E-state index in [4.69, 9.17) is 4.98 Å². The first-order valence-corrected chi connectivity index (χ1v) is 17.5. The topological polar surface area (TPSA) is 25.8 Å². The van der Waals surface area contributed by atoms with Crippen LogP contribution in [0.3, 0.4) is 0 Å². The number of benzene rings is 3. The maximum atomic E-state index is 4.74. The third kappa shape index (κ3) is 8.66. The molecule has 0 saturated heterocycles. The van der Waals surface area contributed by atoms with Gasteiger partial charge in [-0.2, -0.15) is 0 Å².